The van der Waals surface area contributed by atoms with Crippen LogP contribution in [0.1, 0.15) is 33.6 Å². The molecule has 0 fully saturated rings. The zero-order valence-electron chi connectivity index (χ0n) is 11.0. The summed E-state index contributed by atoms with van der Waals surface area (Å²) in [6, 6.07) is 0. The van der Waals surface area contributed by atoms with E-state index in [1.54, 1.807) is 13.3 Å². The highest BCUT2D eigenvalue weighted by molar-refractivity contribution is 5.73. The average molecular weight is 217 g/mol. The van der Waals surface area contributed by atoms with Gasteiger partial charge in [0.15, 0.2) is 0 Å². The van der Waals surface area contributed by atoms with Crippen molar-refractivity contribution < 1.29 is 0 Å². The van der Waals surface area contributed by atoms with Gasteiger partial charge in [0.2, 0.25) is 0 Å². The van der Waals surface area contributed by atoms with E-state index in [4.69, 9.17) is 0 Å². The summed E-state index contributed by atoms with van der Waals surface area (Å²) >= 11 is 0. The molecule has 0 aromatic heterocycles. The summed E-state index contributed by atoms with van der Waals surface area (Å²) in [5, 5.41) is 0. The van der Waals surface area contributed by atoms with Crippen molar-refractivity contribution in [3.8, 4) is 0 Å². The van der Waals surface area contributed by atoms with Gasteiger partial charge in [0, 0.05) is 13.3 Å². The first-order chi connectivity index (χ1) is 7.65. The molecule has 0 N–H and O–H groups in total. The lowest BCUT2D eigenvalue weighted by Crippen LogP contribution is -1.82. The van der Waals surface area contributed by atoms with E-state index in [1.165, 1.54) is 12.0 Å². The molecule has 1 heteroatoms. The molecule has 0 unspecified atom stereocenters. The Labute approximate surface area is 100.0 Å². The number of allylic oxidation sites excluding steroid dienone is 7. The van der Waals surface area contributed by atoms with Gasteiger partial charge in [-0.25, -0.2) is 0 Å². The molecule has 0 amide bonds. The highest BCUT2D eigenvalue weighted by atomic mass is 14.6. The summed E-state index contributed by atoms with van der Waals surface area (Å²) in [6.45, 7) is 10.3. The SMILES string of the molecule is C=C(/C=C\C(=C/C)CCC)/C(C)=C/C=N\C. The summed E-state index contributed by atoms with van der Waals surface area (Å²) < 4.78 is 0. The van der Waals surface area contributed by atoms with Gasteiger partial charge in [0.1, 0.15) is 0 Å². The molecule has 0 aliphatic heterocycles. The monoisotopic (exact) mass is 217 g/mol. The maximum atomic E-state index is 4.03. The summed E-state index contributed by atoms with van der Waals surface area (Å²) in [6.07, 6.45) is 12.4. The predicted molar refractivity (Wildman–Crippen MR) is 75.1 cm³/mol. The molecule has 88 valence electrons. The molecule has 0 radical (unpaired) electrons. The Morgan fingerprint density at radius 3 is 2.50 bits per heavy atom. The van der Waals surface area contributed by atoms with Crippen LogP contribution in [0.4, 0.5) is 0 Å². The standard InChI is InChI=1S/C15H23N/c1-6-8-15(7-2)10-9-13(3)14(4)11-12-16-5/h7,9-12H,3,6,8H2,1-2,4-5H3/b10-9-,14-11+,15-7-,16-12-. The van der Waals surface area contributed by atoms with Crippen LogP contribution < -0.4 is 0 Å². The topological polar surface area (TPSA) is 12.4 Å². The van der Waals surface area contributed by atoms with Crippen LogP contribution in [0.15, 0.2) is 52.6 Å². The molecule has 0 aromatic rings. The van der Waals surface area contributed by atoms with Crippen molar-refractivity contribution in [2.24, 2.45) is 4.99 Å². The Morgan fingerprint density at radius 1 is 1.31 bits per heavy atom. The highest BCUT2D eigenvalue weighted by Gasteiger charge is 1.92. The Bertz CT molecular complexity index is 327. The van der Waals surface area contributed by atoms with Gasteiger partial charge in [0.25, 0.3) is 0 Å². The van der Waals surface area contributed by atoms with E-state index in [9.17, 15) is 0 Å². The molecule has 1 nitrogen and oxygen atoms in total. The summed E-state index contributed by atoms with van der Waals surface area (Å²) in [7, 11) is 1.77. The Morgan fingerprint density at radius 2 is 2.00 bits per heavy atom. The van der Waals surface area contributed by atoms with Crippen molar-refractivity contribution in [3.63, 3.8) is 0 Å². The first-order valence-corrected chi connectivity index (χ1v) is 5.77. The third-order valence-electron chi connectivity index (χ3n) is 2.39. The second kappa shape index (κ2) is 8.90. The van der Waals surface area contributed by atoms with Crippen molar-refractivity contribution in [2.75, 3.05) is 7.05 Å². The van der Waals surface area contributed by atoms with E-state index in [0.717, 1.165) is 17.6 Å². The third-order valence-corrected chi connectivity index (χ3v) is 2.39. The molecular formula is C15H23N. The second-order valence-corrected chi connectivity index (χ2v) is 3.73. The molecule has 16 heavy (non-hydrogen) atoms. The number of hydrogen-bond donors (Lipinski definition) is 0. The molecule has 0 bridgehead atoms. The van der Waals surface area contributed by atoms with Crippen molar-refractivity contribution in [2.45, 2.75) is 33.6 Å². The van der Waals surface area contributed by atoms with Gasteiger partial charge in [-0.3, -0.25) is 4.99 Å². The first-order valence-electron chi connectivity index (χ1n) is 5.77. The van der Waals surface area contributed by atoms with Gasteiger partial charge in [-0.05, 0) is 37.5 Å². The molecular weight excluding hydrogens is 194 g/mol. The van der Waals surface area contributed by atoms with Crippen molar-refractivity contribution in [1.82, 2.24) is 0 Å². The zero-order valence-corrected chi connectivity index (χ0v) is 11.0. The Kier molecular flexibility index (Phi) is 8.14. The normalized spacial score (nSPS) is 14.0. The lowest BCUT2D eigenvalue weighted by Gasteiger charge is -2.00. The lowest BCUT2D eigenvalue weighted by molar-refractivity contribution is 0.924. The van der Waals surface area contributed by atoms with E-state index < -0.39 is 0 Å². The quantitative estimate of drug-likeness (QED) is 0.459. The van der Waals surface area contributed by atoms with E-state index in [0.29, 0.717) is 0 Å². The maximum absolute atomic E-state index is 4.03. The van der Waals surface area contributed by atoms with Gasteiger partial charge in [-0.1, -0.05) is 43.7 Å². The number of hydrogen-bond acceptors (Lipinski definition) is 1. The number of rotatable bonds is 6. The fraction of sp³-hybridized carbons (Fsp3) is 0.400. The number of aliphatic imine (C=N–C) groups is 1. The zero-order chi connectivity index (χ0) is 12.4. The molecule has 0 aromatic carbocycles. The molecule has 0 aliphatic carbocycles. The minimum Gasteiger partial charge on any atom is -0.297 e. The molecule has 0 saturated carbocycles. The van der Waals surface area contributed by atoms with Gasteiger partial charge >= 0.3 is 0 Å². The van der Waals surface area contributed by atoms with Crippen LogP contribution in [0.2, 0.25) is 0 Å². The number of nitrogens with zero attached hydrogens (tertiary/aromatic N) is 1. The Hall–Kier alpha value is -1.37. The van der Waals surface area contributed by atoms with Gasteiger partial charge < -0.3 is 0 Å². The van der Waals surface area contributed by atoms with Crippen LogP contribution in [0, 0.1) is 0 Å². The molecule has 0 atom stereocenters. The maximum Gasteiger partial charge on any atom is 0.0277 e. The van der Waals surface area contributed by atoms with Crippen molar-refractivity contribution in [3.05, 3.63) is 47.6 Å². The minimum absolute atomic E-state index is 1.04. The van der Waals surface area contributed by atoms with Crippen molar-refractivity contribution in [1.29, 1.82) is 0 Å². The van der Waals surface area contributed by atoms with Crippen LogP contribution in [0.5, 0.6) is 0 Å². The van der Waals surface area contributed by atoms with Crippen LogP contribution in [0.3, 0.4) is 0 Å². The molecule has 0 rings (SSSR count). The van der Waals surface area contributed by atoms with E-state index >= 15 is 0 Å². The molecule has 0 spiro atoms. The Balaban J connectivity index is 4.49. The smallest absolute Gasteiger partial charge is 0.0277 e. The second-order valence-electron chi connectivity index (χ2n) is 3.73. The predicted octanol–water partition coefficient (Wildman–Crippen LogP) is 4.49. The molecule has 0 heterocycles. The third kappa shape index (κ3) is 6.18. The summed E-state index contributed by atoms with van der Waals surface area (Å²) in [4.78, 5) is 3.92. The average Bonchev–Trinajstić information content (AvgIpc) is 2.30. The van der Waals surface area contributed by atoms with Crippen LogP contribution in [-0.2, 0) is 0 Å². The molecule has 0 saturated heterocycles. The van der Waals surface area contributed by atoms with Crippen molar-refractivity contribution >= 4 is 6.21 Å². The molecule has 0 aliphatic rings. The fourth-order valence-corrected chi connectivity index (χ4v) is 1.25. The van der Waals surface area contributed by atoms with Gasteiger partial charge in [0.05, 0.1) is 0 Å². The minimum atomic E-state index is 1.04. The summed E-state index contributed by atoms with van der Waals surface area (Å²) in [5.74, 6) is 0. The highest BCUT2D eigenvalue weighted by Crippen LogP contribution is 2.12. The van der Waals surface area contributed by atoms with E-state index in [2.05, 4.69) is 43.6 Å². The first kappa shape index (κ1) is 14.6. The van der Waals surface area contributed by atoms with Crippen LogP contribution in [-0.4, -0.2) is 13.3 Å². The van der Waals surface area contributed by atoms with Gasteiger partial charge in [-0.15, -0.1) is 0 Å². The lowest BCUT2D eigenvalue weighted by atomic mass is 10.1. The van der Waals surface area contributed by atoms with E-state index in [-0.39, 0.29) is 0 Å². The van der Waals surface area contributed by atoms with Crippen LogP contribution >= 0.6 is 0 Å². The van der Waals surface area contributed by atoms with E-state index in [1.807, 2.05) is 13.0 Å². The fourth-order valence-electron chi connectivity index (χ4n) is 1.25. The van der Waals surface area contributed by atoms with Crippen LogP contribution in [0.25, 0.3) is 0 Å². The summed E-state index contributed by atoms with van der Waals surface area (Å²) in [5.41, 5.74) is 3.55. The van der Waals surface area contributed by atoms with Gasteiger partial charge in [-0.2, -0.15) is 0 Å². The largest absolute Gasteiger partial charge is 0.297 e.